The molecular weight excluding hydrogens is 382 g/mol. The third-order valence-electron chi connectivity index (χ3n) is 5.67. The van der Waals surface area contributed by atoms with Crippen molar-refractivity contribution in [2.45, 2.75) is 26.0 Å². The van der Waals surface area contributed by atoms with E-state index in [4.69, 9.17) is 4.74 Å². The summed E-state index contributed by atoms with van der Waals surface area (Å²) in [6.45, 7) is 5.87. The van der Waals surface area contributed by atoms with E-state index in [9.17, 15) is 4.79 Å². The molecule has 0 unspecified atom stereocenters. The van der Waals surface area contributed by atoms with Crippen LogP contribution in [0.4, 0.5) is 5.95 Å². The van der Waals surface area contributed by atoms with E-state index in [1.54, 1.807) is 21.6 Å². The molecule has 2 aliphatic rings. The van der Waals surface area contributed by atoms with Crippen molar-refractivity contribution in [1.82, 2.24) is 29.2 Å². The molecule has 0 amide bonds. The highest BCUT2D eigenvalue weighted by atomic mass is 16.5. The Hall–Kier alpha value is -3.20. The number of para-hydroxylation sites is 2. The Bertz CT molecular complexity index is 1050. The van der Waals surface area contributed by atoms with Crippen LogP contribution in [0.1, 0.15) is 18.7 Å². The Morgan fingerprint density at radius 3 is 2.53 bits per heavy atom. The Morgan fingerprint density at radius 1 is 0.933 bits per heavy atom. The minimum absolute atomic E-state index is 0.0859. The predicted octanol–water partition coefficient (Wildman–Crippen LogP) is 1.32. The van der Waals surface area contributed by atoms with Crippen molar-refractivity contribution in [3.05, 3.63) is 59.0 Å². The molecule has 0 saturated carbocycles. The summed E-state index contributed by atoms with van der Waals surface area (Å²) in [4.78, 5) is 26.2. The summed E-state index contributed by atoms with van der Waals surface area (Å²) in [5, 5.41) is 4.48. The van der Waals surface area contributed by atoms with Gasteiger partial charge in [-0.15, -0.1) is 0 Å². The SMILES string of the molecule is O=c1n(CCCCN2CCN(c3ncccn3)CC2)nc2n1-c1ccccc1OC2. The second-order valence-electron chi connectivity index (χ2n) is 7.60. The summed E-state index contributed by atoms with van der Waals surface area (Å²) in [7, 11) is 0. The number of piperazine rings is 1. The van der Waals surface area contributed by atoms with E-state index in [1.165, 1.54) is 0 Å². The largest absolute Gasteiger partial charge is 0.483 e. The minimum atomic E-state index is -0.0859. The van der Waals surface area contributed by atoms with Gasteiger partial charge in [-0.3, -0.25) is 4.90 Å². The number of benzene rings is 1. The molecule has 1 saturated heterocycles. The molecule has 9 heteroatoms. The van der Waals surface area contributed by atoms with Crippen LogP contribution < -0.4 is 15.3 Å². The van der Waals surface area contributed by atoms with E-state index in [2.05, 4.69) is 24.9 Å². The second-order valence-corrected chi connectivity index (χ2v) is 7.60. The molecule has 5 rings (SSSR count). The number of anilines is 1. The summed E-state index contributed by atoms with van der Waals surface area (Å²) in [6, 6.07) is 9.43. The summed E-state index contributed by atoms with van der Waals surface area (Å²) < 4.78 is 8.95. The van der Waals surface area contributed by atoms with Gasteiger partial charge in [-0.05, 0) is 37.6 Å². The maximum atomic E-state index is 12.8. The Morgan fingerprint density at radius 2 is 1.70 bits per heavy atom. The number of aryl methyl sites for hydroxylation is 1. The van der Waals surface area contributed by atoms with Crippen molar-refractivity contribution in [3.8, 4) is 11.4 Å². The van der Waals surface area contributed by atoms with E-state index < -0.39 is 0 Å². The lowest BCUT2D eigenvalue weighted by molar-refractivity contribution is 0.249. The fraction of sp³-hybridized carbons (Fsp3) is 0.429. The number of unbranched alkanes of at least 4 members (excludes halogenated alkanes) is 1. The Labute approximate surface area is 174 Å². The van der Waals surface area contributed by atoms with E-state index in [0.717, 1.165) is 63.0 Å². The molecule has 0 radical (unpaired) electrons. The molecule has 1 fully saturated rings. The quantitative estimate of drug-likeness (QED) is 0.570. The predicted molar refractivity (Wildman–Crippen MR) is 112 cm³/mol. The van der Waals surface area contributed by atoms with Crippen LogP contribution in [0.5, 0.6) is 5.75 Å². The topological polar surface area (TPSA) is 81.3 Å². The maximum Gasteiger partial charge on any atom is 0.350 e. The smallest absolute Gasteiger partial charge is 0.350 e. The van der Waals surface area contributed by atoms with Crippen molar-refractivity contribution >= 4 is 5.95 Å². The van der Waals surface area contributed by atoms with Gasteiger partial charge < -0.3 is 9.64 Å². The van der Waals surface area contributed by atoms with Crippen molar-refractivity contribution < 1.29 is 4.74 Å². The number of rotatable bonds is 6. The summed E-state index contributed by atoms with van der Waals surface area (Å²) in [5.41, 5.74) is 0.687. The molecule has 2 aromatic heterocycles. The number of nitrogens with zero attached hydrogens (tertiary/aromatic N) is 7. The molecule has 156 valence electrons. The fourth-order valence-corrected chi connectivity index (χ4v) is 4.06. The van der Waals surface area contributed by atoms with Crippen LogP contribution in [0.2, 0.25) is 0 Å². The van der Waals surface area contributed by atoms with Crippen LogP contribution in [-0.2, 0) is 13.2 Å². The van der Waals surface area contributed by atoms with Crippen molar-refractivity contribution in [1.29, 1.82) is 0 Å². The highest BCUT2D eigenvalue weighted by molar-refractivity contribution is 5.48. The molecule has 1 aromatic carbocycles. The molecule has 0 bridgehead atoms. The molecular formula is C21H25N7O2. The second kappa shape index (κ2) is 8.27. The van der Waals surface area contributed by atoms with E-state index in [1.807, 2.05) is 30.3 Å². The van der Waals surface area contributed by atoms with Gasteiger partial charge in [0.15, 0.2) is 5.82 Å². The summed E-state index contributed by atoms with van der Waals surface area (Å²) in [5.74, 6) is 2.20. The third kappa shape index (κ3) is 3.68. The molecule has 2 aliphatic heterocycles. The van der Waals surface area contributed by atoms with Gasteiger partial charge in [0.1, 0.15) is 12.4 Å². The van der Waals surface area contributed by atoms with Gasteiger partial charge in [0.25, 0.3) is 0 Å². The van der Waals surface area contributed by atoms with Gasteiger partial charge in [-0.1, -0.05) is 12.1 Å². The van der Waals surface area contributed by atoms with Gasteiger partial charge >= 0.3 is 5.69 Å². The zero-order valence-electron chi connectivity index (χ0n) is 16.9. The first kappa shape index (κ1) is 18.8. The van der Waals surface area contributed by atoms with Crippen molar-refractivity contribution in [2.75, 3.05) is 37.6 Å². The third-order valence-corrected chi connectivity index (χ3v) is 5.67. The van der Waals surface area contributed by atoms with E-state index in [0.29, 0.717) is 19.0 Å². The van der Waals surface area contributed by atoms with Crippen LogP contribution >= 0.6 is 0 Å². The zero-order chi connectivity index (χ0) is 20.3. The average molecular weight is 407 g/mol. The lowest BCUT2D eigenvalue weighted by Gasteiger charge is -2.34. The molecule has 0 N–H and O–H groups in total. The first-order valence-electron chi connectivity index (χ1n) is 10.4. The lowest BCUT2D eigenvalue weighted by atomic mass is 10.2. The van der Waals surface area contributed by atoms with Crippen LogP contribution in [-0.4, -0.2) is 61.9 Å². The van der Waals surface area contributed by atoms with Crippen molar-refractivity contribution in [2.24, 2.45) is 0 Å². The zero-order valence-corrected chi connectivity index (χ0v) is 16.9. The van der Waals surface area contributed by atoms with Gasteiger partial charge in [0.2, 0.25) is 5.95 Å². The molecule has 4 heterocycles. The van der Waals surface area contributed by atoms with E-state index in [-0.39, 0.29) is 5.69 Å². The van der Waals surface area contributed by atoms with Crippen LogP contribution in [0, 0.1) is 0 Å². The van der Waals surface area contributed by atoms with Crippen molar-refractivity contribution in [3.63, 3.8) is 0 Å². The number of hydrogen-bond donors (Lipinski definition) is 0. The molecule has 0 spiro atoms. The Kier molecular flexibility index (Phi) is 5.18. The number of hydrogen-bond acceptors (Lipinski definition) is 7. The highest BCUT2D eigenvalue weighted by Gasteiger charge is 2.23. The monoisotopic (exact) mass is 407 g/mol. The van der Waals surface area contributed by atoms with Gasteiger partial charge in [0, 0.05) is 45.1 Å². The van der Waals surface area contributed by atoms with Crippen LogP contribution in [0.15, 0.2) is 47.5 Å². The molecule has 0 aliphatic carbocycles. The van der Waals surface area contributed by atoms with Crippen LogP contribution in [0.25, 0.3) is 5.69 Å². The van der Waals surface area contributed by atoms with Gasteiger partial charge in [0.05, 0.1) is 5.69 Å². The number of ether oxygens (including phenoxy) is 1. The lowest BCUT2D eigenvalue weighted by Crippen LogP contribution is -2.47. The summed E-state index contributed by atoms with van der Waals surface area (Å²) >= 11 is 0. The first-order valence-corrected chi connectivity index (χ1v) is 10.4. The summed E-state index contributed by atoms with van der Waals surface area (Å²) in [6.07, 6.45) is 5.52. The fourth-order valence-electron chi connectivity index (χ4n) is 4.06. The van der Waals surface area contributed by atoms with Crippen LogP contribution in [0.3, 0.4) is 0 Å². The number of aromatic nitrogens is 5. The maximum absolute atomic E-state index is 12.8. The average Bonchev–Trinajstić information content (AvgIpc) is 3.13. The highest BCUT2D eigenvalue weighted by Crippen LogP contribution is 2.26. The standard InChI is InChI=1S/C21H25N7O2/c29-21-27(24-19-16-30-18-7-2-1-6-17(18)28(19)21)11-4-3-10-25-12-14-26(15-13-25)20-22-8-5-9-23-20/h1-2,5-9H,3-4,10-16H2. The molecule has 30 heavy (non-hydrogen) atoms. The Balaban J connectivity index is 1.12. The normalized spacial score (nSPS) is 16.1. The minimum Gasteiger partial charge on any atom is -0.483 e. The van der Waals surface area contributed by atoms with Gasteiger partial charge in [-0.25, -0.2) is 24.0 Å². The molecule has 3 aromatic rings. The molecule has 0 atom stereocenters. The van der Waals surface area contributed by atoms with Gasteiger partial charge in [-0.2, -0.15) is 5.10 Å². The number of fused-ring (bicyclic) bond motifs is 3. The molecule has 9 nitrogen and oxygen atoms in total. The first-order chi connectivity index (χ1) is 14.8. The van der Waals surface area contributed by atoms with E-state index >= 15 is 0 Å².